The quantitative estimate of drug-likeness (QED) is 0.376. The van der Waals surface area contributed by atoms with E-state index in [1.54, 1.807) is 12.1 Å². The molecule has 0 spiro atoms. The average molecular weight is 401 g/mol. The van der Waals surface area contributed by atoms with E-state index in [2.05, 4.69) is 10.6 Å². The number of nitro groups is 1. The normalized spacial score (nSPS) is 11.5. The molecule has 148 valence electrons. The highest BCUT2D eigenvalue weighted by Gasteiger charge is 2.11. The summed E-state index contributed by atoms with van der Waals surface area (Å²) in [5, 5.41) is 16.3. The van der Waals surface area contributed by atoms with Gasteiger partial charge in [0.2, 0.25) is 11.8 Å². The molecular weight excluding hydrogens is 378 g/mol. The van der Waals surface area contributed by atoms with Crippen LogP contribution in [-0.2, 0) is 16.1 Å². The highest BCUT2D eigenvalue weighted by molar-refractivity contribution is 8.00. The van der Waals surface area contributed by atoms with Crippen LogP contribution in [0.1, 0.15) is 25.8 Å². The molecule has 2 rings (SSSR count). The number of carbonyl (C=O) groups excluding carboxylic acids is 2. The summed E-state index contributed by atoms with van der Waals surface area (Å²) in [7, 11) is 0. The maximum Gasteiger partial charge on any atom is 0.269 e. The molecule has 28 heavy (non-hydrogen) atoms. The van der Waals surface area contributed by atoms with Crippen molar-refractivity contribution in [2.45, 2.75) is 31.7 Å². The molecule has 2 aromatic rings. The molecule has 0 aliphatic rings. The van der Waals surface area contributed by atoms with Gasteiger partial charge in [-0.2, -0.15) is 0 Å². The van der Waals surface area contributed by atoms with Crippen molar-refractivity contribution >= 4 is 35.0 Å². The van der Waals surface area contributed by atoms with Crippen LogP contribution < -0.4 is 10.6 Å². The predicted octanol–water partition coefficient (Wildman–Crippen LogP) is 3.99. The van der Waals surface area contributed by atoms with Gasteiger partial charge in [0.15, 0.2) is 0 Å². The van der Waals surface area contributed by atoms with Crippen LogP contribution >= 0.6 is 11.8 Å². The number of hydrogen-bond donors (Lipinski definition) is 2. The van der Waals surface area contributed by atoms with E-state index in [0.717, 1.165) is 16.9 Å². The third-order valence-corrected chi connectivity index (χ3v) is 5.17. The zero-order valence-corrected chi connectivity index (χ0v) is 16.6. The van der Waals surface area contributed by atoms with Crippen LogP contribution in [0.2, 0.25) is 0 Å². The first-order valence-corrected chi connectivity index (χ1v) is 9.91. The smallest absolute Gasteiger partial charge is 0.269 e. The summed E-state index contributed by atoms with van der Waals surface area (Å²) in [4.78, 5) is 35.0. The van der Waals surface area contributed by atoms with Crippen LogP contribution in [0.5, 0.6) is 0 Å². The molecule has 7 nitrogen and oxygen atoms in total. The Kier molecular flexibility index (Phi) is 8.01. The predicted molar refractivity (Wildman–Crippen MR) is 110 cm³/mol. The second-order valence-corrected chi connectivity index (χ2v) is 7.36. The van der Waals surface area contributed by atoms with Crippen LogP contribution in [0, 0.1) is 16.0 Å². The SMILES string of the molecule is CCC(C)C(=O)Nc1cccc(CNC(=O)CSc2ccc([N+](=O)[O-])cc2)c1. The molecule has 1 unspecified atom stereocenters. The molecule has 0 bridgehead atoms. The Morgan fingerprint density at radius 1 is 1.18 bits per heavy atom. The van der Waals surface area contributed by atoms with E-state index < -0.39 is 4.92 Å². The first-order valence-electron chi connectivity index (χ1n) is 8.92. The lowest BCUT2D eigenvalue weighted by Gasteiger charge is -2.11. The summed E-state index contributed by atoms with van der Waals surface area (Å²) in [6.45, 7) is 4.19. The number of rotatable bonds is 9. The Labute approximate surface area is 168 Å². The minimum atomic E-state index is -0.458. The van der Waals surface area contributed by atoms with Crippen molar-refractivity contribution in [3.05, 3.63) is 64.2 Å². The van der Waals surface area contributed by atoms with Gasteiger partial charge in [-0.25, -0.2) is 0 Å². The zero-order chi connectivity index (χ0) is 20.5. The highest BCUT2D eigenvalue weighted by atomic mass is 32.2. The molecule has 1 atom stereocenters. The summed E-state index contributed by atoms with van der Waals surface area (Å²) >= 11 is 1.31. The molecule has 2 aromatic carbocycles. The number of benzene rings is 2. The minimum Gasteiger partial charge on any atom is -0.351 e. The number of anilines is 1. The molecule has 0 saturated heterocycles. The van der Waals surface area contributed by atoms with Crippen molar-refractivity contribution < 1.29 is 14.5 Å². The second-order valence-electron chi connectivity index (χ2n) is 6.32. The summed E-state index contributed by atoms with van der Waals surface area (Å²) < 4.78 is 0. The van der Waals surface area contributed by atoms with Crippen molar-refractivity contribution in [3.63, 3.8) is 0 Å². The van der Waals surface area contributed by atoms with Crippen molar-refractivity contribution in [2.24, 2.45) is 5.92 Å². The Bertz CT molecular complexity index is 840. The first-order chi connectivity index (χ1) is 13.4. The van der Waals surface area contributed by atoms with Gasteiger partial charge in [-0.3, -0.25) is 19.7 Å². The lowest BCUT2D eigenvalue weighted by Crippen LogP contribution is -2.24. The van der Waals surface area contributed by atoms with Gasteiger partial charge in [0, 0.05) is 35.2 Å². The molecule has 8 heteroatoms. The summed E-state index contributed by atoms with van der Waals surface area (Å²) in [6.07, 6.45) is 0.772. The Morgan fingerprint density at radius 2 is 1.89 bits per heavy atom. The molecule has 0 heterocycles. The molecule has 0 saturated carbocycles. The fourth-order valence-corrected chi connectivity index (χ4v) is 3.00. The van der Waals surface area contributed by atoms with E-state index in [4.69, 9.17) is 0 Å². The molecule has 0 aliphatic carbocycles. The molecular formula is C20H23N3O4S. The Morgan fingerprint density at radius 3 is 2.54 bits per heavy atom. The molecule has 0 aromatic heterocycles. The van der Waals surface area contributed by atoms with E-state index in [1.807, 2.05) is 38.1 Å². The third kappa shape index (κ3) is 6.70. The first kappa shape index (κ1) is 21.4. The third-order valence-electron chi connectivity index (χ3n) is 4.16. The molecule has 2 N–H and O–H groups in total. The number of amides is 2. The largest absolute Gasteiger partial charge is 0.351 e. The number of non-ortho nitro benzene ring substituents is 1. The number of nitro benzene ring substituents is 1. The number of hydrogen-bond acceptors (Lipinski definition) is 5. The summed E-state index contributed by atoms with van der Waals surface area (Å²) in [5.41, 5.74) is 1.61. The molecule has 0 fully saturated rings. The van der Waals surface area contributed by atoms with E-state index >= 15 is 0 Å². The van der Waals surface area contributed by atoms with Crippen molar-refractivity contribution in [2.75, 3.05) is 11.1 Å². The van der Waals surface area contributed by atoms with E-state index in [0.29, 0.717) is 12.2 Å². The van der Waals surface area contributed by atoms with E-state index in [-0.39, 0.29) is 29.2 Å². The van der Waals surface area contributed by atoms with E-state index in [1.165, 1.54) is 23.9 Å². The minimum absolute atomic E-state index is 0.0223. The molecule has 0 radical (unpaired) electrons. The number of carbonyl (C=O) groups is 2. The van der Waals surface area contributed by atoms with Gasteiger partial charge in [-0.15, -0.1) is 11.8 Å². The second kappa shape index (κ2) is 10.5. The van der Waals surface area contributed by atoms with Gasteiger partial charge in [-0.1, -0.05) is 26.0 Å². The Balaban J connectivity index is 1.81. The van der Waals surface area contributed by atoms with Crippen LogP contribution in [-0.4, -0.2) is 22.5 Å². The molecule has 2 amide bonds. The zero-order valence-electron chi connectivity index (χ0n) is 15.8. The number of thioether (sulfide) groups is 1. The molecule has 0 aliphatic heterocycles. The maximum atomic E-state index is 12.0. The van der Waals surface area contributed by atoms with Crippen molar-refractivity contribution in [1.29, 1.82) is 0 Å². The number of nitrogens with zero attached hydrogens (tertiary/aromatic N) is 1. The van der Waals surface area contributed by atoms with Gasteiger partial charge >= 0.3 is 0 Å². The van der Waals surface area contributed by atoms with Gasteiger partial charge in [0.1, 0.15) is 0 Å². The maximum absolute atomic E-state index is 12.0. The monoisotopic (exact) mass is 401 g/mol. The fraction of sp³-hybridized carbons (Fsp3) is 0.300. The topological polar surface area (TPSA) is 101 Å². The van der Waals surface area contributed by atoms with Gasteiger partial charge < -0.3 is 10.6 Å². The van der Waals surface area contributed by atoms with Gasteiger partial charge in [-0.05, 0) is 36.2 Å². The van der Waals surface area contributed by atoms with Gasteiger partial charge in [0.05, 0.1) is 10.7 Å². The highest BCUT2D eigenvalue weighted by Crippen LogP contribution is 2.21. The summed E-state index contributed by atoms with van der Waals surface area (Å²) in [5.74, 6) is -0.0113. The number of nitrogens with one attached hydrogen (secondary N) is 2. The lowest BCUT2D eigenvalue weighted by atomic mass is 10.1. The van der Waals surface area contributed by atoms with Crippen LogP contribution in [0.4, 0.5) is 11.4 Å². The standard InChI is InChI=1S/C20H23N3O4S/c1-3-14(2)20(25)22-16-6-4-5-15(11-16)12-21-19(24)13-28-18-9-7-17(8-10-18)23(26)27/h4-11,14H,3,12-13H2,1-2H3,(H,21,24)(H,22,25). The summed E-state index contributed by atoms with van der Waals surface area (Å²) in [6, 6.07) is 13.4. The average Bonchev–Trinajstić information content (AvgIpc) is 2.70. The lowest BCUT2D eigenvalue weighted by molar-refractivity contribution is -0.384. The Hall–Kier alpha value is -2.87. The van der Waals surface area contributed by atoms with Crippen molar-refractivity contribution in [3.8, 4) is 0 Å². The van der Waals surface area contributed by atoms with Crippen molar-refractivity contribution in [1.82, 2.24) is 5.32 Å². The van der Waals surface area contributed by atoms with E-state index in [9.17, 15) is 19.7 Å². The van der Waals surface area contributed by atoms with Gasteiger partial charge in [0.25, 0.3) is 5.69 Å². The van der Waals surface area contributed by atoms with Crippen LogP contribution in [0.15, 0.2) is 53.4 Å². The van der Waals surface area contributed by atoms with Crippen LogP contribution in [0.25, 0.3) is 0 Å². The fourth-order valence-electron chi connectivity index (χ4n) is 2.27. The van der Waals surface area contributed by atoms with Crippen LogP contribution in [0.3, 0.4) is 0 Å².